The van der Waals surface area contributed by atoms with E-state index in [9.17, 15) is 4.79 Å². The van der Waals surface area contributed by atoms with Crippen molar-refractivity contribution in [3.05, 3.63) is 66.2 Å². The molecule has 0 bridgehead atoms. The van der Waals surface area contributed by atoms with E-state index in [4.69, 9.17) is 0 Å². The number of para-hydroxylation sites is 1. The van der Waals surface area contributed by atoms with Gasteiger partial charge in [-0.25, -0.2) is 0 Å². The smallest absolute Gasteiger partial charge is 0.248 e. The Balaban J connectivity index is 1.54. The molecule has 1 aliphatic rings. The summed E-state index contributed by atoms with van der Waals surface area (Å²) in [6.45, 7) is 1.22. The van der Waals surface area contributed by atoms with Crippen LogP contribution >= 0.6 is 11.8 Å². The average molecular weight is 367 g/mol. The molecule has 2 aromatic carbocycles. The van der Waals surface area contributed by atoms with Crippen LogP contribution in [0.5, 0.6) is 0 Å². The van der Waals surface area contributed by atoms with E-state index in [1.54, 1.807) is 6.08 Å². The molecule has 0 radical (unpaired) electrons. The zero-order valence-electron chi connectivity index (χ0n) is 15.2. The van der Waals surface area contributed by atoms with E-state index in [2.05, 4.69) is 23.3 Å². The monoisotopic (exact) mass is 366 g/mol. The van der Waals surface area contributed by atoms with Gasteiger partial charge >= 0.3 is 0 Å². The number of likely N-dealkylation sites (tertiary alicyclic amines) is 1. The first kappa shape index (κ1) is 18.7. The summed E-state index contributed by atoms with van der Waals surface area (Å²) in [7, 11) is 2.22. The summed E-state index contributed by atoms with van der Waals surface area (Å²) in [5, 5.41) is 3.01. The molecule has 0 aromatic heterocycles. The maximum absolute atomic E-state index is 12.3. The van der Waals surface area contributed by atoms with Crippen molar-refractivity contribution in [2.24, 2.45) is 0 Å². The summed E-state index contributed by atoms with van der Waals surface area (Å²) in [6.07, 6.45) is 7.23. The van der Waals surface area contributed by atoms with Gasteiger partial charge in [-0.3, -0.25) is 4.79 Å². The number of rotatable bonds is 7. The quantitative estimate of drug-likeness (QED) is 0.558. The van der Waals surface area contributed by atoms with E-state index in [1.807, 2.05) is 66.4 Å². The predicted octanol–water partition coefficient (Wildman–Crippen LogP) is 4.91. The number of hydrogen-bond acceptors (Lipinski definition) is 3. The molecule has 1 atom stereocenters. The Labute approximate surface area is 160 Å². The summed E-state index contributed by atoms with van der Waals surface area (Å²) in [4.78, 5) is 15.8. The van der Waals surface area contributed by atoms with Crippen LogP contribution in [0.4, 0.5) is 5.69 Å². The molecule has 0 aliphatic carbocycles. The van der Waals surface area contributed by atoms with Gasteiger partial charge in [-0.05, 0) is 62.4 Å². The van der Waals surface area contributed by atoms with Crippen LogP contribution < -0.4 is 5.32 Å². The highest BCUT2D eigenvalue weighted by Gasteiger charge is 2.20. The van der Waals surface area contributed by atoms with Crippen LogP contribution in [-0.2, 0) is 4.79 Å². The maximum Gasteiger partial charge on any atom is 0.248 e. The standard InChI is InChI=1S/C22H26N2OS/c1-24-16-7-10-19(24)15-17-26-21-12-6-5-11-20(21)23-22(25)14-13-18-8-3-2-4-9-18/h2-6,8-9,11-14,19H,7,10,15-17H2,1H3,(H,23,25)/b14-13+. The van der Waals surface area contributed by atoms with Gasteiger partial charge in [0.2, 0.25) is 5.91 Å². The molecule has 4 heteroatoms. The van der Waals surface area contributed by atoms with E-state index in [-0.39, 0.29) is 5.91 Å². The minimum absolute atomic E-state index is 0.0996. The van der Waals surface area contributed by atoms with Crippen LogP contribution in [0.2, 0.25) is 0 Å². The normalized spacial score (nSPS) is 17.7. The van der Waals surface area contributed by atoms with Gasteiger partial charge < -0.3 is 10.2 Å². The second-order valence-electron chi connectivity index (χ2n) is 6.64. The number of nitrogens with one attached hydrogen (secondary N) is 1. The molecule has 136 valence electrons. The van der Waals surface area contributed by atoms with Crippen molar-refractivity contribution in [2.75, 3.05) is 24.7 Å². The first-order chi connectivity index (χ1) is 12.7. The summed E-state index contributed by atoms with van der Waals surface area (Å²) in [5.41, 5.74) is 1.91. The minimum Gasteiger partial charge on any atom is -0.321 e. The third kappa shape index (κ3) is 5.48. The zero-order chi connectivity index (χ0) is 18.2. The summed E-state index contributed by atoms with van der Waals surface area (Å²) >= 11 is 1.83. The van der Waals surface area contributed by atoms with Crippen molar-refractivity contribution in [3.63, 3.8) is 0 Å². The zero-order valence-corrected chi connectivity index (χ0v) is 16.0. The highest BCUT2D eigenvalue weighted by atomic mass is 32.2. The Bertz CT molecular complexity index is 745. The van der Waals surface area contributed by atoms with E-state index in [0.717, 1.165) is 21.9 Å². The minimum atomic E-state index is -0.0996. The van der Waals surface area contributed by atoms with Gasteiger partial charge in [0, 0.05) is 17.0 Å². The fraction of sp³-hybridized carbons (Fsp3) is 0.318. The molecule has 1 aliphatic heterocycles. The molecule has 2 aromatic rings. The average Bonchev–Trinajstić information content (AvgIpc) is 3.07. The number of benzene rings is 2. The third-order valence-electron chi connectivity index (χ3n) is 4.75. The lowest BCUT2D eigenvalue weighted by molar-refractivity contribution is -0.111. The summed E-state index contributed by atoms with van der Waals surface area (Å²) in [5.74, 6) is 0.972. The van der Waals surface area contributed by atoms with Crippen LogP contribution in [0.3, 0.4) is 0 Å². The van der Waals surface area contributed by atoms with Gasteiger partial charge in [0.05, 0.1) is 5.69 Å². The van der Waals surface area contributed by atoms with Crippen molar-refractivity contribution >= 4 is 29.4 Å². The maximum atomic E-state index is 12.3. The predicted molar refractivity (Wildman–Crippen MR) is 112 cm³/mol. The van der Waals surface area contributed by atoms with E-state index in [1.165, 1.54) is 25.8 Å². The third-order valence-corrected chi connectivity index (χ3v) is 5.86. The first-order valence-corrected chi connectivity index (χ1v) is 10.2. The fourth-order valence-electron chi connectivity index (χ4n) is 3.26. The van der Waals surface area contributed by atoms with E-state index in [0.29, 0.717) is 6.04 Å². The van der Waals surface area contributed by atoms with Crippen LogP contribution in [-0.4, -0.2) is 36.2 Å². The number of hydrogen-bond donors (Lipinski definition) is 1. The van der Waals surface area contributed by atoms with Crippen molar-refractivity contribution in [1.82, 2.24) is 4.90 Å². The van der Waals surface area contributed by atoms with Crippen LogP contribution in [0, 0.1) is 0 Å². The number of carbonyl (C=O) groups is 1. The second-order valence-corrected chi connectivity index (χ2v) is 7.78. The molecule has 3 nitrogen and oxygen atoms in total. The van der Waals surface area contributed by atoms with Crippen molar-refractivity contribution in [1.29, 1.82) is 0 Å². The summed E-state index contributed by atoms with van der Waals surface area (Å²) in [6, 6.07) is 18.6. The highest BCUT2D eigenvalue weighted by Crippen LogP contribution is 2.29. The van der Waals surface area contributed by atoms with Crippen LogP contribution in [0.25, 0.3) is 6.08 Å². The molecule has 1 unspecified atom stereocenters. The van der Waals surface area contributed by atoms with E-state index < -0.39 is 0 Å². The molecule has 26 heavy (non-hydrogen) atoms. The number of carbonyl (C=O) groups excluding carboxylic acids is 1. The lowest BCUT2D eigenvalue weighted by Gasteiger charge is -2.19. The molecule has 1 N–H and O–H groups in total. The fourth-order valence-corrected chi connectivity index (χ4v) is 4.31. The van der Waals surface area contributed by atoms with Gasteiger partial charge in [-0.1, -0.05) is 42.5 Å². The van der Waals surface area contributed by atoms with Gasteiger partial charge in [0.15, 0.2) is 0 Å². The molecule has 1 fully saturated rings. The molecule has 3 rings (SSSR count). The Morgan fingerprint density at radius 2 is 1.96 bits per heavy atom. The van der Waals surface area contributed by atoms with Crippen molar-refractivity contribution in [2.45, 2.75) is 30.2 Å². The molecule has 1 amide bonds. The molecular formula is C22H26N2OS. The number of thioether (sulfide) groups is 1. The van der Waals surface area contributed by atoms with Crippen molar-refractivity contribution in [3.8, 4) is 0 Å². The van der Waals surface area contributed by atoms with Gasteiger partial charge in [0.1, 0.15) is 0 Å². The summed E-state index contributed by atoms with van der Waals surface area (Å²) < 4.78 is 0. The van der Waals surface area contributed by atoms with Crippen LogP contribution in [0.1, 0.15) is 24.8 Å². The lowest BCUT2D eigenvalue weighted by Crippen LogP contribution is -2.25. The van der Waals surface area contributed by atoms with Gasteiger partial charge in [-0.15, -0.1) is 11.8 Å². The van der Waals surface area contributed by atoms with Gasteiger partial charge in [0.25, 0.3) is 0 Å². The van der Waals surface area contributed by atoms with Crippen molar-refractivity contribution < 1.29 is 4.79 Å². The molecule has 0 saturated carbocycles. The number of nitrogens with zero attached hydrogens (tertiary/aromatic N) is 1. The molecule has 0 spiro atoms. The second kappa shape index (κ2) is 9.60. The lowest BCUT2D eigenvalue weighted by atomic mass is 10.2. The largest absolute Gasteiger partial charge is 0.321 e. The van der Waals surface area contributed by atoms with Gasteiger partial charge in [-0.2, -0.15) is 0 Å². The Kier molecular flexibility index (Phi) is 6.92. The number of anilines is 1. The van der Waals surface area contributed by atoms with Crippen LogP contribution in [0.15, 0.2) is 65.6 Å². The highest BCUT2D eigenvalue weighted by molar-refractivity contribution is 7.99. The Morgan fingerprint density at radius 3 is 2.73 bits per heavy atom. The molecule has 1 saturated heterocycles. The number of amides is 1. The molecular weight excluding hydrogens is 340 g/mol. The Hall–Kier alpha value is -2.04. The first-order valence-electron chi connectivity index (χ1n) is 9.18. The topological polar surface area (TPSA) is 32.3 Å². The SMILES string of the molecule is CN1CCCC1CCSc1ccccc1NC(=O)/C=C/c1ccccc1. The van der Waals surface area contributed by atoms with E-state index >= 15 is 0 Å². The molecule has 1 heterocycles. The Morgan fingerprint density at radius 1 is 1.19 bits per heavy atom.